The maximum Gasteiger partial charge on any atom is 0.243 e. The van der Waals surface area contributed by atoms with Gasteiger partial charge in [0.25, 0.3) is 0 Å². The van der Waals surface area contributed by atoms with E-state index in [1.54, 1.807) is 18.2 Å². The molecule has 1 aliphatic heterocycles. The first-order chi connectivity index (χ1) is 10.4. The number of hydrogen-bond donors (Lipinski definition) is 3. The van der Waals surface area contributed by atoms with Crippen molar-refractivity contribution in [3.8, 4) is 0 Å². The second kappa shape index (κ2) is 6.98. The predicted molar refractivity (Wildman–Crippen MR) is 82.5 cm³/mol. The lowest BCUT2D eigenvalue weighted by Gasteiger charge is -2.19. The Morgan fingerprint density at radius 1 is 1.36 bits per heavy atom. The summed E-state index contributed by atoms with van der Waals surface area (Å²) < 4.78 is 0. The van der Waals surface area contributed by atoms with Gasteiger partial charge in [0.15, 0.2) is 0 Å². The number of carbonyl (C=O) groups is 3. The fourth-order valence-electron chi connectivity index (χ4n) is 2.24. The molecule has 2 rings (SSSR count). The molecular weight excluding hydrogens is 329 g/mol. The largest absolute Gasteiger partial charge is 0.368 e. The highest BCUT2D eigenvalue weighted by Crippen LogP contribution is 2.25. The molecule has 1 saturated heterocycles. The molecule has 0 bridgehead atoms. The van der Waals surface area contributed by atoms with Crippen molar-refractivity contribution in [2.45, 2.75) is 31.3 Å². The zero-order valence-corrected chi connectivity index (χ0v) is 13.1. The van der Waals surface area contributed by atoms with Crippen LogP contribution in [0.4, 0.5) is 0 Å². The number of nitrogens with two attached hydrogens (primary N) is 1. The average molecular weight is 344 g/mol. The Morgan fingerprint density at radius 3 is 2.50 bits per heavy atom. The molecule has 118 valence electrons. The van der Waals surface area contributed by atoms with Gasteiger partial charge in [0.05, 0.1) is 0 Å². The lowest BCUT2D eigenvalue weighted by molar-refractivity contribution is -0.129. The zero-order chi connectivity index (χ0) is 16.3. The van der Waals surface area contributed by atoms with Crippen molar-refractivity contribution in [2.24, 2.45) is 5.73 Å². The minimum atomic E-state index is -0.956. The minimum Gasteiger partial charge on any atom is -0.368 e. The Hall–Kier alpha value is -1.79. The summed E-state index contributed by atoms with van der Waals surface area (Å²) >= 11 is 12.1. The molecular formula is C14H15Cl2N3O3. The van der Waals surface area contributed by atoms with Gasteiger partial charge in [-0.25, -0.2) is 0 Å². The third-order valence-electron chi connectivity index (χ3n) is 3.44. The molecule has 1 aromatic carbocycles. The minimum absolute atomic E-state index is 0.0836. The monoisotopic (exact) mass is 343 g/mol. The quantitative estimate of drug-likeness (QED) is 0.736. The highest BCUT2D eigenvalue weighted by atomic mass is 35.5. The van der Waals surface area contributed by atoms with Crippen LogP contribution in [0.1, 0.15) is 18.4 Å². The first-order valence-electron chi connectivity index (χ1n) is 6.70. The van der Waals surface area contributed by atoms with Gasteiger partial charge in [0, 0.05) is 22.9 Å². The van der Waals surface area contributed by atoms with Crippen molar-refractivity contribution in [1.29, 1.82) is 0 Å². The number of benzene rings is 1. The van der Waals surface area contributed by atoms with E-state index < -0.39 is 23.9 Å². The maximum atomic E-state index is 12.1. The topological polar surface area (TPSA) is 101 Å². The number of amides is 3. The Kier molecular flexibility index (Phi) is 5.26. The van der Waals surface area contributed by atoms with E-state index in [2.05, 4.69) is 10.6 Å². The van der Waals surface area contributed by atoms with Crippen LogP contribution in [-0.4, -0.2) is 29.8 Å². The van der Waals surface area contributed by atoms with E-state index in [4.69, 9.17) is 28.9 Å². The molecule has 1 heterocycles. The summed E-state index contributed by atoms with van der Waals surface area (Å²) in [6.45, 7) is 0. The molecule has 0 saturated carbocycles. The van der Waals surface area contributed by atoms with Crippen LogP contribution in [0.5, 0.6) is 0 Å². The van der Waals surface area contributed by atoms with Crippen LogP contribution in [-0.2, 0) is 20.8 Å². The standard InChI is InChI=1S/C14H15Cl2N3O3/c15-8-2-1-3-9(16)7(8)6-11(13(17)21)19-14(22)10-4-5-12(20)18-10/h1-3,10-11H,4-6H2,(H2,17,21)(H,18,20)(H,19,22)/t10-,11-/m0/s1. The number of nitrogens with one attached hydrogen (secondary N) is 2. The van der Waals surface area contributed by atoms with Crippen LogP contribution < -0.4 is 16.4 Å². The second-order valence-corrected chi connectivity index (χ2v) is 5.84. The van der Waals surface area contributed by atoms with E-state index in [0.717, 1.165) is 0 Å². The molecule has 22 heavy (non-hydrogen) atoms. The first kappa shape index (κ1) is 16.6. The molecule has 1 fully saturated rings. The van der Waals surface area contributed by atoms with Crippen LogP contribution in [0.25, 0.3) is 0 Å². The van der Waals surface area contributed by atoms with Crippen molar-refractivity contribution in [1.82, 2.24) is 10.6 Å². The fourth-order valence-corrected chi connectivity index (χ4v) is 2.79. The molecule has 0 radical (unpaired) electrons. The second-order valence-electron chi connectivity index (χ2n) is 5.03. The van der Waals surface area contributed by atoms with Crippen LogP contribution >= 0.6 is 23.2 Å². The van der Waals surface area contributed by atoms with Gasteiger partial charge in [-0.15, -0.1) is 0 Å². The molecule has 6 nitrogen and oxygen atoms in total. The van der Waals surface area contributed by atoms with Crippen molar-refractivity contribution in [3.05, 3.63) is 33.8 Å². The molecule has 2 atom stereocenters. The van der Waals surface area contributed by atoms with Crippen molar-refractivity contribution in [2.75, 3.05) is 0 Å². The van der Waals surface area contributed by atoms with E-state index in [-0.39, 0.29) is 18.7 Å². The van der Waals surface area contributed by atoms with Gasteiger partial charge < -0.3 is 16.4 Å². The van der Waals surface area contributed by atoms with E-state index in [0.29, 0.717) is 22.0 Å². The lowest BCUT2D eigenvalue weighted by atomic mass is 10.0. The smallest absolute Gasteiger partial charge is 0.243 e. The third kappa shape index (κ3) is 3.90. The van der Waals surface area contributed by atoms with Gasteiger partial charge >= 0.3 is 0 Å². The maximum absolute atomic E-state index is 12.1. The molecule has 4 N–H and O–H groups in total. The summed E-state index contributed by atoms with van der Waals surface area (Å²) in [5, 5.41) is 5.85. The molecule has 1 aliphatic rings. The van der Waals surface area contributed by atoms with Crippen LogP contribution in [0.2, 0.25) is 10.0 Å². The van der Waals surface area contributed by atoms with Crippen molar-refractivity contribution < 1.29 is 14.4 Å². The normalized spacial score (nSPS) is 18.6. The van der Waals surface area contributed by atoms with Gasteiger partial charge in [0.1, 0.15) is 12.1 Å². The number of halogens is 2. The Bertz CT molecular complexity index is 601. The summed E-state index contributed by atoms with van der Waals surface area (Å²) in [5.41, 5.74) is 5.86. The highest BCUT2D eigenvalue weighted by molar-refractivity contribution is 6.36. The number of hydrogen-bond acceptors (Lipinski definition) is 3. The van der Waals surface area contributed by atoms with Gasteiger partial charge in [0.2, 0.25) is 17.7 Å². The average Bonchev–Trinajstić information content (AvgIpc) is 2.88. The lowest BCUT2D eigenvalue weighted by Crippen LogP contribution is -2.51. The Morgan fingerprint density at radius 2 is 2.00 bits per heavy atom. The van der Waals surface area contributed by atoms with Crippen molar-refractivity contribution in [3.63, 3.8) is 0 Å². The number of rotatable bonds is 5. The first-order valence-corrected chi connectivity index (χ1v) is 7.46. The SMILES string of the molecule is NC(=O)[C@H](Cc1c(Cl)cccc1Cl)NC(=O)[C@@H]1CCC(=O)N1. The molecule has 0 aromatic heterocycles. The van der Waals surface area contributed by atoms with Gasteiger partial charge in [-0.05, 0) is 24.1 Å². The van der Waals surface area contributed by atoms with Crippen LogP contribution in [0.15, 0.2) is 18.2 Å². The number of carbonyl (C=O) groups excluding carboxylic acids is 3. The van der Waals surface area contributed by atoms with E-state index in [9.17, 15) is 14.4 Å². The Labute approximate surface area is 137 Å². The summed E-state index contributed by atoms with van der Waals surface area (Å²) in [6, 6.07) is 3.36. The predicted octanol–water partition coefficient (Wildman–Crippen LogP) is 0.785. The zero-order valence-electron chi connectivity index (χ0n) is 11.6. The van der Waals surface area contributed by atoms with Crippen molar-refractivity contribution >= 4 is 40.9 Å². The van der Waals surface area contributed by atoms with E-state index >= 15 is 0 Å². The molecule has 1 aromatic rings. The van der Waals surface area contributed by atoms with Crippen LogP contribution in [0.3, 0.4) is 0 Å². The third-order valence-corrected chi connectivity index (χ3v) is 4.15. The molecule has 3 amide bonds. The number of primary amides is 1. The molecule has 8 heteroatoms. The van der Waals surface area contributed by atoms with Gasteiger partial charge in [-0.2, -0.15) is 0 Å². The Balaban J connectivity index is 2.09. The summed E-state index contributed by atoms with van der Waals surface area (Å²) in [7, 11) is 0. The summed E-state index contributed by atoms with van der Waals surface area (Å²) in [4.78, 5) is 34.8. The van der Waals surface area contributed by atoms with Gasteiger partial charge in [-0.3, -0.25) is 14.4 Å². The molecule has 0 unspecified atom stereocenters. The highest BCUT2D eigenvalue weighted by Gasteiger charge is 2.30. The van der Waals surface area contributed by atoms with Crippen LogP contribution in [0, 0.1) is 0 Å². The summed E-state index contributed by atoms with van der Waals surface area (Å²) in [6.07, 6.45) is 0.763. The summed E-state index contributed by atoms with van der Waals surface area (Å²) in [5.74, 6) is -1.34. The van der Waals surface area contributed by atoms with E-state index in [1.165, 1.54) is 0 Å². The van der Waals surface area contributed by atoms with E-state index in [1.807, 2.05) is 0 Å². The molecule has 0 aliphatic carbocycles. The molecule has 0 spiro atoms. The van der Waals surface area contributed by atoms with Gasteiger partial charge in [-0.1, -0.05) is 29.3 Å². The fraction of sp³-hybridized carbons (Fsp3) is 0.357.